The van der Waals surface area contributed by atoms with Gasteiger partial charge in [0.1, 0.15) is 16.5 Å². The number of halogens is 1. The highest BCUT2D eigenvalue weighted by Gasteiger charge is 2.13. The Kier molecular flexibility index (Phi) is 3.94. The van der Waals surface area contributed by atoms with Crippen molar-refractivity contribution < 1.29 is 4.39 Å². The minimum atomic E-state index is -0.284. The molecular weight excluding hydrogens is 343 g/mol. The highest BCUT2D eigenvalue weighted by atomic mass is 32.1. The van der Waals surface area contributed by atoms with Gasteiger partial charge in [-0.15, -0.1) is 15.3 Å². The summed E-state index contributed by atoms with van der Waals surface area (Å²) < 4.78 is 14.8. The van der Waals surface area contributed by atoms with Gasteiger partial charge in [0.05, 0.1) is 18.1 Å². The third kappa shape index (κ3) is 3.24. The van der Waals surface area contributed by atoms with Crippen LogP contribution in [0.1, 0.15) is 5.01 Å². The van der Waals surface area contributed by atoms with Gasteiger partial charge in [-0.2, -0.15) is 5.10 Å². The van der Waals surface area contributed by atoms with Gasteiger partial charge in [0.25, 0.3) is 0 Å². The molecule has 0 unspecified atom stereocenters. The summed E-state index contributed by atoms with van der Waals surface area (Å²) >= 11 is 1.36. The third-order valence-corrected chi connectivity index (χ3v) is 4.44. The minimum absolute atomic E-state index is 0.284. The molecule has 0 bridgehead atoms. The first-order chi connectivity index (χ1) is 12.2. The number of rotatable bonds is 5. The molecule has 0 fully saturated rings. The van der Waals surface area contributed by atoms with Crippen molar-refractivity contribution in [2.45, 2.75) is 13.0 Å². The number of nitrogens with zero attached hydrogens (tertiary/aromatic N) is 6. The lowest BCUT2D eigenvalue weighted by Gasteiger charge is -2.00. The van der Waals surface area contributed by atoms with Crippen molar-refractivity contribution in [2.75, 3.05) is 5.73 Å². The van der Waals surface area contributed by atoms with Gasteiger partial charge in [0.15, 0.2) is 0 Å². The van der Waals surface area contributed by atoms with Crippen LogP contribution in [0.15, 0.2) is 36.7 Å². The van der Waals surface area contributed by atoms with Gasteiger partial charge in [-0.05, 0) is 24.3 Å². The van der Waals surface area contributed by atoms with Crippen LogP contribution >= 0.6 is 11.3 Å². The molecule has 0 radical (unpaired) electrons. The molecule has 0 amide bonds. The molecule has 126 valence electrons. The quantitative estimate of drug-likeness (QED) is 0.567. The number of anilines is 1. The van der Waals surface area contributed by atoms with Crippen molar-refractivity contribution in [3.8, 4) is 22.5 Å². The molecule has 25 heavy (non-hydrogen) atoms. The molecule has 0 saturated carbocycles. The van der Waals surface area contributed by atoms with Crippen molar-refractivity contribution in [1.82, 2.24) is 35.4 Å². The molecule has 0 atom stereocenters. The Morgan fingerprint density at radius 1 is 1.16 bits per heavy atom. The molecule has 3 N–H and O–H groups in total. The van der Waals surface area contributed by atoms with Crippen LogP contribution in [0.4, 0.5) is 9.52 Å². The van der Waals surface area contributed by atoms with Crippen LogP contribution in [0, 0.1) is 5.82 Å². The molecule has 4 aromatic rings. The SMILES string of the molecule is Nc1nnc(CCn2cc(-c3cn[nH]c3-c3ccc(F)cc3)nn2)s1. The van der Waals surface area contributed by atoms with E-state index >= 15 is 0 Å². The maximum atomic E-state index is 13.1. The second-order valence-electron chi connectivity index (χ2n) is 5.32. The molecular formula is C15H13FN8S. The van der Waals surface area contributed by atoms with E-state index in [2.05, 4.69) is 30.7 Å². The lowest BCUT2D eigenvalue weighted by molar-refractivity contribution is 0.586. The fourth-order valence-corrected chi connectivity index (χ4v) is 3.02. The number of aromatic nitrogens is 7. The fourth-order valence-electron chi connectivity index (χ4n) is 2.43. The number of benzene rings is 1. The van der Waals surface area contributed by atoms with Gasteiger partial charge >= 0.3 is 0 Å². The van der Waals surface area contributed by atoms with E-state index in [4.69, 9.17) is 5.73 Å². The van der Waals surface area contributed by atoms with Crippen LogP contribution in [0.25, 0.3) is 22.5 Å². The summed E-state index contributed by atoms with van der Waals surface area (Å²) in [4.78, 5) is 0. The van der Waals surface area contributed by atoms with Crippen molar-refractivity contribution >= 4 is 16.5 Å². The fraction of sp³-hybridized carbons (Fsp3) is 0.133. The summed E-state index contributed by atoms with van der Waals surface area (Å²) in [6.07, 6.45) is 4.19. The van der Waals surface area contributed by atoms with E-state index < -0.39 is 0 Å². The maximum Gasteiger partial charge on any atom is 0.203 e. The van der Waals surface area contributed by atoms with E-state index in [1.54, 1.807) is 23.0 Å². The maximum absolute atomic E-state index is 13.1. The summed E-state index contributed by atoms with van der Waals surface area (Å²) in [6.45, 7) is 0.616. The Labute approximate surface area is 145 Å². The summed E-state index contributed by atoms with van der Waals surface area (Å²) in [6, 6.07) is 6.20. The Morgan fingerprint density at radius 2 is 2.00 bits per heavy atom. The number of nitrogens with one attached hydrogen (secondary N) is 1. The molecule has 4 rings (SSSR count). The summed E-state index contributed by atoms with van der Waals surface area (Å²) in [5.74, 6) is -0.284. The molecule has 0 spiro atoms. The van der Waals surface area contributed by atoms with Crippen molar-refractivity contribution in [1.29, 1.82) is 0 Å². The first-order valence-corrected chi connectivity index (χ1v) is 8.28. The summed E-state index contributed by atoms with van der Waals surface area (Å²) in [5.41, 5.74) is 8.66. The van der Waals surface area contributed by atoms with Crippen molar-refractivity contribution in [3.63, 3.8) is 0 Å². The number of hydrogen-bond acceptors (Lipinski definition) is 7. The van der Waals surface area contributed by atoms with Gasteiger partial charge in [-0.25, -0.2) is 4.39 Å². The lowest BCUT2D eigenvalue weighted by Crippen LogP contribution is -2.01. The number of aryl methyl sites for hydroxylation is 2. The second kappa shape index (κ2) is 6.40. The van der Waals surface area contributed by atoms with E-state index in [0.29, 0.717) is 23.8 Å². The van der Waals surface area contributed by atoms with Gasteiger partial charge < -0.3 is 5.73 Å². The van der Waals surface area contributed by atoms with E-state index in [1.165, 1.54) is 23.5 Å². The van der Waals surface area contributed by atoms with Crippen molar-refractivity contribution in [2.24, 2.45) is 0 Å². The highest BCUT2D eigenvalue weighted by molar-refractivity contribution is 7.15. The van der Waals surface area contributed by atoms with Crippen LogP contribution in [-0.4, -0.2) is 35.4 Å². The van der Waals surface area contributed by atoms with E-state index in [-0.39, 0.29) is 5.82 Å². The average molecular weight is 356 g/mol. The highest BCUT2D eigenvalue weighted by Crippen LogP contribution is 2.28. The number of aromatic amines is 1. The normalized spacial score (nSPS) is 11.1. The first kappa shape index (κ1) is 15.4. The van der Waals surface area contributed by atoms with Gasteiger partial charge in [0, 0.05) is 24.1 Å². The zero-order chi connectivity index (χ0) is 17.2. The molecule has 0 aliphatic carbocycles. The summed E-state index contributed by atoms with van der Waals surface area (Å²) in [5, 5.41) is 24.4. The van der Waals surface area contributed by atoms with Crippen LogP contribution in [0.5, 0.6) is 0 Å². The van der Waals surface area contributed by atoms with E-state index in [0.717, 1.165) is 21.8 Å². The minimum Gasteiger partial charge on any atom is -0.374 e. The molecule has 0 aliphatic rings. The predicted octanol–water partition coefficient (Wildman–Crippen LogP) is 2.15. The Hall–Kier alpha value is -3.14. The predicted molar refractivity (Wildman–Crippen MR) is 91.0 cm³/mol. The van der Waals surface area contributed by atoms with Crippen molar-refractivity contribution in [3.05, 3.63) is 47.5 Å². The number of hydrogen-bond donors (Lipinski definition) is 2. The zero-order valence-electron chi connectivity index (χ0n) is 12.9. The second-order valence-corrected chi connectivity index (χ2v) is 6.41. The standard InChI is InChI=1S/C15H13FN8S/c16-10-3-1-9(2-4-10)14-11(7-18-21-14)12-8-24(23-19-12)6-5-13-20-22-15(17)25-13/h1-4,7-8H,5-6H2,(H2,17,22)(H,18,21). The lowest BCUT2D eigenvalue weighted by atomic mass is 10.1. The zero-order valence-corrected chi connectivity index (χ0v) is 13.7. The topological polar surface area (TPSA) is 111 Å². The number of nitrogens with two attached hydrogens (primary N) is 1. The average Bonchev–Trinajstić information content (AvgIpc) is 3.33. The molecule has 0 aliphatic heterocycles. The van der Waals surface area contributed by atoms with Gasteiger partial charge in [-0.3, -0.25) is 9.78 Å². The van der Waals surface area contributed by atoms with E-state index in [1.807, 2.05) is 6.20 Å². The largest absolute Gasteiger partial charge is 0.374 e. The molecule has 3 heterocycles. The summed E-state index contributed by atoms with van der Waals surface area (Å²) in [7, 11) is 0. The third-order valence-electron chi connectivity index (χ3n) is 3.62. The first-order valence-electron chi connectivity index (χ1n) is 7.47. The molecule has 3 aromatic heterocycles. The van der Waals surface area contributed by atoms with E-state index in [9.17, 15) is 4.39 Å². The molecule has 0 saturated heterocycles. The molecule has 8 nitrogen and oxygen atoms in total. The number of nitrogen functional groups attached to an aromatic ring is 1. The number of H-pyrrole nitrogens is 1. The smallest absolute Gasteiger partial charge is 0.203 e. The Bertz CT molecular complexity index is 987. The van der Waals surface area contributed by atoms with Gasteiger partial charge in [-0.1, -0.05) is 16.6 Å². The molecule has 10 heteroatoms. The Morgan fingerprint density at radius 3 is 2.76 bits per heavy atom. The monoisotopic (exact) mass is 356 g/mol. The van der Waals surface area contributed by atoms with Gasteiger partial charge in [0.2, 0.25) is 5.13 Å². The van der Waals surface area contributed by atoms with Crippen LogP contribution < -0.4 is 5.73 Å². The van der Waals surface area contributed by atoms with Crippen LogP contribution in [-0.2, 0) is 13.0 Å². The Balaban J connectivity index is 1.54. The van der Waals surface area contributed by atoms with Crippen LogP contribution in [0.3, 0.4) is 0 Å². The van der Waals surface area contributed by atoms with Crippen LogP contribution in [0.2, 0.25) is 0 Å². The molecule has 1 aromatic carbocycles.